The molecule has 0 saturated heterocycles. The molecule has 0 radical (unpaired) electrons. The lowest BCUT2D eigenvalue weighted by atomic mass is 9.73. The van der Waals surface area contributed by atoms with E-state index in [1.54, 1.807) is 6.08 Å². The van der Waals surface area contributed by atoms with Gasteiger partial charge in [-0.2, -0.15) is 0 Å². The van der Waals surface area contributed by atoms with Gasteiger partial charge in [-0.05, 0) is 57.1 Å². The minimum atomic E-state index is -1.12. The average molecular weight is 487 g/mol. The normalized spacial score (nSPS) is 17.6. The molecule has 1 aromatic rings. The third-order valence-electron chi connectivity index (χ3n) is 6.45. The summed E-state index contributed by atoms with van der Waals surface area (Å²) >= 11 is 0. The molecule has 2 N–H and O–H groups in total. The molecule has 194 valence electrons. The van der Waals surface area contributed by atoms with Crippen LogP contribution in [0, 0.1) is 5.92 Å². The zero-order chi connectivity index (χ0) is 25.8. The fourth-order valence-corrected chi connectivity index (χ4v) is 4.66. The maximum Gasteiger partial charge on any atom is 0.339 e. The Morgan fingerprint density at radius 2 is 1.91 bits per heavy atom. The second-order valence-corrected chi connectivity index (χ2v) is 9.29. The Morgan fingerprint density at radius 3 is 2.57 bits per heavy atom. The molecular weight excluding hydrogens is 444 g/mol. The van der Waals surface area contributed by atoms with Gasteiger partial charge >= 0.3 is 5.97 Å². The number of carboxylic acids is 1. The highest BCUT2D eigenvalue weighted by atomic mass is 16.5. The summed E-state index contributed by atoms with van der Waals surface area (Å²) in [6.45, 7) is 16.0. The van der Waals surface area contributed by atoms with E-state index in [2.05, 4.69) is 33.1 Å². The molecule has 0 bridgehead atoms. The van der Waals surface area contributed by atoms with Crippen molar-refractivity contribution in [3.63, 3.8) is 0 Å². The first-order valence-electron chi connectivity index (χ1n) is 12.7. The number of carboxylic acid groups (broad SMARTS) is 1. The molecule has 0 spiro atoms. The fourth-order valence-electron chi connectivity index (χ4n) is 4.66. The van der Waals surface area contributed by atoms with Gasteiger partial charge in [-0.1, -0.05) is 49.6 Å². The Balaban J connectivity index is 2.39. The quantitative estimate of drug-likeness (QED) is 0.207. The second-order valence-electron chi connectivity index (χ2n) is 9.29. The fraction of sp³-hybridized carbons (Fsp3) is 0.552. The lowest BCUT2D eigenvalue weighted by Crippen LogP contribution is -2.20. The summed E-state index contributed by atoms with van der Waals surface area (Å²) in [4.78, 5) is 12.2. The lowest BCUT2D eigenvalue weighted by Gasteiger charge is -2.32. The lowest BCUT2D eigenvalue weighted by molar-refractivity contribution is 0.0447. The first-order valence-corrected chi connectivity index (χ1v) is 12.7. The molecular formula is C29H42O6. The van der Waals surface area contributed by atoms with Crippen molar-refractivity contribution >= 4 is 5.97 Å². The number of benzene rings is 1. The number of aromatic carboxylic acids is 1. The van der Waals surface area contributed by atoms with Gasteiger partial charge in [0.2, 0.25) is 0 Å². The largest absolute Gasteiger partial charge is 0.507 e. The van der Waals surface area contributed by atoms with Crippen LogP contribution in [-0.4, -0.2) is 49.2 Å². The molecule has 1 aromatic carbocycles. The van der Waals surface area contributed by atoms with Crippen LogP contribution in [0.2, 0.25) is 0 Å². The van der Waals surface area contributed by atoms with Gasteiger partial charge in [0.25, 0.3) is 0 Å². The summed E-state index contributed by atoms with van der Waals surface area (Å²) in [5, 5.41) is 21.4. The van der Waals surface area contributed by atoms with Gasteiger partial charge in [0, 0.05) is 11.5 Å². The van der Waals surface area contributed by atoms with Gasteiger partial charge < -0.3 is 24.4 Å². The number of phenols is 1. The molecule has 0 saturated carbocycles. The Kier molecular flexibility index (Phi) is 12.1. The van der Waals surface area contributed by atoms with E-state index in [4.69, 9.17) is 14.2 Å². The zero-order valence-electron chi connectivity index (χ0n) is 21.6. The maximum atomic E-state index is 12.2. The summed E-state index contributed by atoms with van der Waals surface area (Å²) in [6.07, 6.45) is 9.09. The molecule has 0 amide bonds. The number of allylic oxidation sites excluding steroid dienone is 3. The number of carbonyl (C=O) groups is 1. The van der Waals surface area contributed by atoms with Gasteiger partial charge in [-0.15, -0.1) is 6.58 Å². The second kappa shape index (κ2) is 14.7. The van der Waals surface area contributed by atoms with Crippen molar-refractivity contribution in [2.75, 3.05) is 33.0 Å². The van der Waals surface area contributed by atoms with Gasteiger partial charge in [-0.25, -0.2) is 4.79 Å². The van der Waals surface area contributed by atoms with Crippen molar-refractivity contribution in [2.45, 2.75) is 65.2 Å². The van der Waals surface area contributed by atoms with E-state index in [9.17, 15) is 15.0 Å². The van der Waals surface area contributed by atoms with Crippen LogP contribution >= 0.6 is 0 Å². The van der Waals surface area contributed by atoms with Crippen molar-refractivity contribution in [1.82, 2.24) is 0 Å². The van der Waals surface area contributed by atoms with E-state index in [1.165, 1.54) is 5.57 Å². The first-order chi connectivity index (χ1) is 16.8. The Morgan fingerprint density at radius 1 is 1.20 bits per heavy atom. The van der Waals surface area contributed by atoms with E-state index in [0.717, 1.165) is 37.7 Å². The van der Waals surface area contributed by atoms with Crippen molar-refractivity contribution in [3.8, 4) is 11.5 Å². The summed E-state index contributed by atoms with van der Waals surface area (Å²) in [6, 6.07) is 1.81. The zero-order valence-corrected chi connectivity index (χ0v) is 21.6. The molecule has 0 fully saturated rings. The van der Waals surface area contributed by atoms with Gasteiger partial charge in [0.05, 0.1) is 26.4 Å². The predicted octanol–water partition coefficient (Wildman–Crippen LogP) is 6.44. The van der Waals surface area contributed by atoms with Crippen LogP contribution in [0.5, 0.6) is 11.5 Å². The Hall–Kier alpha value is -2.57. The minimum absolute atomic E-state index is 0.0174. The van der Waals surface area contributed by atoms with E-state index in [-0.39, 0.29) is 29.8 Å². The SMILES string of the molecule is C=CCOCCOCCOc1cc(CCCCC)c(C(=O)O)c(O)c1C1C=C(C)CCC1C(=C)C. The number of aryl methyl sites for hydroxylation is 1. The van der Waals surface area contributed by atoms with Crippen LogP contribution in [0.1, 0.15) is 80.3 Å². The number of unbranched alkanes of at least 4 members (excludes halogenated alkanes) is 2. The average Bonchev–Trinajstić information content (AvgIpc) is 2.80. The summed E-state index contributed by atoms with van der Waals surface area (Å²) in [7, 11) is 0. The highest BCUT2D eigenvalue weighted by Crippen LogP contribution is 2.48. The monoisotopic (exact) mass is 486 g/mol. The Bertz CT molecular complexity index is 901. The molecule has 2 unspecified atom stereocenters. The number of hydrogen-bond acceptors (Lipinski definition) is 5. The van der Waals surface area contributed by atoms with Crippen molar-refractivity contribution in [3.05, 3.63) is 59.2 Å². The molecule has 0 aliphatic heterocycles. The molecule has 6 heteroatoms. The molecule has 1 aliphatic carbocycles. The summed E-state index contributed by atoms with van der Waals surface area (Å²) in [5.41, 5.74) is 3.34. The van der Waals surface area contributed by atoms with Crippen molar-refractivity contribution in [2.24, 2.45) is 5.92 Å². The molecule has 6 nitrogen and oxygen atoms in total. The molecule has 0 aromatic heterocycles. The predicted molar refractivity (Wildman–Crippen MR) is 140 cm³/mol. The first kappa shape index (κ1) is 28.7. The van der Waals surface area contributed by atoms with Crippen molar-refractivity contribution < 1.29 is 29.2 Å². The van der Waals surface area contributed by atoms with Crippen molar-refractivity contribution in [1.29, 1.82) is 0 Å². The van der Waals surface area contributed by atoms with E-state index >= 15 is 0 Å². The van der Waals surface area contributed by atoms with Gasteiger partial charge in [0.15, 0.2) is 0 Å². The van der Waals surface area contributed by atoms with Crippen LogP contribution < -0.4 is 4.74 Å². The Labute approximate surface area is 210 Å². The highest BCUT2D eigenvalue weighted by Gasteiger charge is 2.33. The molecule has 1 aliphatic rings. The van der Waals surface area contributed by atoms with Crippen LogP contribution in [0.4, 0.5) is 0 Å². The van der Waals surface area contributed by atoms with E-state index in [1.807, 2.05) is 13.0 Å². The third-order valence-corrected chi connectivity index (χ3v) is 6.45. The molecule has 2 atom stereocenters. The number of ether oxygens (including phenoxy) is 3. The molecule has 35 heavy (non-hydrogen) atoms. The number of hydrogen-bond donors (Lipinski definition) is 2. The smallest absolute Gasteiger partial charge is 0.339 e. The maximum absolute atomic E-state index is 12.2. The molecule has 2 rings (SSSR count). The van der Waals surface area contributed by atoms with Crippen LogP contribution in [-0.2, 0) is 15.9 Å². The summed E-state index contributed by atoms with van der Waals surface area (Å²) in [5.74, 6) is -0.895. The third kappa shape index (κ3) is 8.25. The topological polar surface area (TPSA) is 85.2 Å². The van der Waals surface area contributed by atoms with Crippen LogP contribution in [0.3, 0.4) is 0 Å². The molecule has 0 heterocycles. The minimum Gasteiger partial charge on any atom is -0.507 e. The van der Waals surface area contributed by atoms with Crippen LogP contribution in [0.15, 0.2) is 42.5 Å². The summed E-state index contributed by atoms with van der Waals surface area (Å²) < 4.78 is 17.1. The van der Waals surface area contributed by atoms with Gasteiger partial charge in [-0.3, -0.25) is 0 Å². The number of aromatic hydroxyl groups is 1. The van der Waals surface area contributed by atoms with E-state index in [0.29, 0.717) is 49.7 Å². The van der Waals surface area contributed by atoms with E-state index < -0.39 is 5.97 Å². The van der Waals surface area contributed by atoms with Gasteiger partial charge in [0.1, 0.15) is 23.7 Å². The number of rotatable bonds is 16. The van der Waals surface area contributed by atoms with Crippen LogP contribution in [0.25, 0.3) is 0 Å². The standard InChI is InChI=1S/C29H42O6/c1-6-8-9-10-22-19-25(35-17-16-34-15-14-33-13-7-2)27(28(30)26(22)29(31)32)24-18-21(5)11-12-23(24)20(3)4/h7,18-19,23-24,30H,2-3,6,8-17H2,1,4-5H3,(H,31,32). The highest BCUT2D eigenvalue weighted by molar-refractivity contribution is 5.94.